The topological polar surface area (TPSA) is 71.5 Å². The van der Waals surface area contributed by atoms with Crippen molar-refractivity contribution in [2.75, 3.05) is 20.3 Å². The first-order valence-electron chi connectivity index (χ1n) is 7.79. The second-order valence-electron chi connectivity index (χ2n) is 6.44. The minimum atomic E-state index is -0.176. The van der Waals surface area contributed by atoms with Crippen LogP contribution >= 0.6 is 0 Å². The number of nitrogens with one attached hydrogen (secondary N) is 1. The Balaban J connectivity index is 1.96. The van der Waals surface area contributed by atoms with E-state index in [1.807, 2.05) is 38.1 Å². The number of benzene rings is 1. The fourth-order valence-electron chi connectivity index (χ4n) is 2.30. The molecule has 2 aromatic rings. The highest BCUT2D eigenvalue weighted by atomic mass is 16.5. The second kappa shape index (κ2) is 7.42. The van der Waals surface area contributed by atoms with Gasteiger partial charge in [-0.1, -0.05) is 19.9 Å². The van der Waals surface area contributed by atoms with Crippen molar-refractivity contribution in [3.8, 4) is 5.75 Å². The summed E-state index contributed by atoms with van der Waals surface area (Å²) >= 11 is 0. The van der Waals surface area contributed by atoms with Gasteiger partial charge in [0.05, 0.1) is 12.6 Å². The number of ether oxygens (including phenoxy) is 1. The number of carbonyl (C=O) groups is 1. The van der Waals surface area contributed by atoms with Crippen LogP contribution in [0.25, 0.3) is 10.9 Å². The van der Waals surface area contributed by atoms with Crippen LogP contribution in [-0.2, 0) is 0 Å². The van der Waals surface area contributed by atoms with E-state index in [1.165, 1.54) is 0 Å². The van der Waals surface area contributed by atoms with Crippen LogP contribution in [0, 0.1) is 5.41 Å². The summed E-state index contributed by atoms with van der Waals surface area (Å²) in [6, 6.07) is 9.15. The van der Waals surface area contributed by atoms with E-state index in [4.69, 9.17) is 4.74 Å². The molecule has 1 aromatic heterocycles. The van der Waals surface area contributed by atoms with Crippen molar-refractivity contribution in [3.05, 3.63) is 36.0 Å². The summed E-state index contributed by atoms with van der Waals surface area (Å²) in [6.07, 6.45) is 1.68. The van der Waals surface area contributed by atoms with Crippen LogP contribution in [0.2, 0.25) is 0 Å². The molecular formula is C18H24N2O3. The van der Waals surface area contributed by atoms with Gasteiger partial charge in [0, 0.05) is 18.5 Å². The number of hydrogen-bond acceptors (Lipinski definition) is 4. The molecule has 0 spiro atoms. The first-order chi connectivity index (χ1) is 10.9. The number of fused-ring (bicyclic) bond motifs is 1. The van der Waals surface area contributed by atoms with E-state index in [-0.39, 0.29) is 17.9 Å². The molecule has 0 aliphatic rings. The fraction of sp³-hybridized carbons (Fsp3) is 0.444. The highest BCUT2D eigenvalue weighted by Crippen LogP contribution is 2.21. The summed E-state index contributed by atoms with van der Waals surface area (Å²) in [5.74, 6) is 0.590. The summed E-state index contributed by atoms with van der Waals surface area (Å²) in [5, 5.41) is 13.0. The van der Waals surface area contributed by atoms with Crippen LogP contribution in [0.15, 0.2) is 30.3 Å². The highest BCUT2D eigenvalue weighted by molar-refractivity contribution is 5.95. The minimum absolute atomic E-state index is 0.106. The van der Waals surface area contributed by atoms with Crippen molar-refractivity contribution in [1.29, 1.82) is 0 Å². The lowest BCUT2D eigenvalue weighted by atomic mass is 9.89. The predicted molar refractivity (Wildman–Crippen MR) is 90.7 cm³/mol. The van der Waals surface area contributed by atoms with E-state index in [9.17, 15) is 9.90 Å². The van der Waals surface area contributed by atoms with Gasteiger partial charge in [0.1, 0.15) is 11.4 Å². The smallest absolute Gasteiger partial charge is 0.269 e. The van der Waals surface area contributed by atoms with Crippen molar-refractivity contribution in [1.82, 2.24) is 10.3 Å². The number of aromatic nitrogens is 1. The average Bonchev–Trinajstić information content (AvgIpc) is 2.57. The lowest BCUT2D eigenvalue weighted by Crippen LogP contribution is -2.27. The molecule has 1 amide bonds. The maximum Gasteiger partial charge on any atom is 0.269 e. The van der Waals surface area contributed by atoms with Crippen LogP contribution < -0.4 is 10.1 Å². The van der Waals surface area contributed by atoms with Crippen LogP contribution in [0.5, 0.6) is 5.75 Å². The molecule has 0 saturated carbocycles. The maximum atomic E-state index is 12.2. The zero-order valence-electron chi connectivity index (χ0n) is 13.9. The molecule has 5 nitrogen and oxygen atoms in total. The molecule has 0 bridgehead atoms. The Labute approximate surface area is 136 Å². The second-order valence-corrected chi connectivity index (χ2v) is 6.44. The molecular weight excluding hydrogens is 292 g/mol. The van der Waals surface area contributed by atoms with Gasteiger partial charge in [-0.25, -0.2) is 4.98 Å². The lowest BCUT2D eigenvalue weighted by Gasteiger charge is -2.21. The number of hydrogen-bond donors (Lipinski definition) is 2. The number of rotatable bonds is 7. The molecule has 0 aliphatic heterocycles. The van der Waals surface area contributed by atoms with Gasteiger partial charge in [0.25, 0.3) is 5.91 Å². The Kier molecular flexibility index (Phi) is 5.55. The Bertz CT molecular complexity index is 683. The van der Waals surface area contributed by atoms with Crippen molar-refractivity contribution < 1.29 is 14.6 Å². The van der Waals surface area contributed by atoms with Gasteiger partial charge in [0.2, 0.25) is 0 Å². The monoisotopic (exact) mass is 316 g/mol. The fourth-order valence-corrected chi connectivity index (χ4v) is 2.30. The number of methoxy groups -OCH3 is 1. The number of pyridine rings is 1. The summed E-state index contributed by atoms with van der Waals surface area (Å²) in [5.41, 5.74) is 1.06. The zero-order valence-corrected chi connectivity index (χ0v) is 13.9. The van der Waals surface area contributed by atoms with Gasteiger partial charge >= 0.3 is 0 Å². The third-order valence-electron chi connectivity index (χ3n) is 3.87. The number of aliphatic hydroxyl groups is 1. The third kappa shape index (κ3) is 4.66. The summed E-state index contributed by atoms with van der Waals surface area (Å²) in [4.78, 5) is 16.5. The molecule has 0 unspecified atom stereocenters. The molecule has 2 rings (SSSR count). The number of amides is 1. The molecule has 0 radical (unpaired) electrons. The Morgan fingerprint density at radius 2 is 2.09 bits per heavy atom. The van der Waals surface area contributed by atoms with Crippen LogP contribution in [0.4, 0.5) is 0 Å². The van der Waals surface area contributed by atoms with Gasteiger partial charge in [-0.2, -0.15) is 0 Å². The SMILES string of the molecule is COc1ccc2nc(C(=O)NCCCC(C)(C)CO)ccc2c1. The molecule has 5 heteroatoms. The normalized spacial score (nSPS) is 11.5. The number of nitrogens with zero attached hydrogens (tertiary/aromatic N) is 1. The van der Waals surface area contributed by atoms with Gasteiger partial charge in [-0.3, -0.25) is 4.79 Å². The van der Waals surface area contributed by atoms with E-state index in [0.717, 1.165) is 29.5 Å². The molecule has 124 valence electrons. The predicted octanol–water partition coefficient (Wildman–Crippen LogP) is 2.77. The third-order valence-corrected chi connectivity index (χ3v) is 3.87. The highest BCUT2D eigenvalue weighted by Gasteiger charge is 2.16. The largest absolute Gasteiger partial charge is 0.497 e. The first kappa shape index (κ1) is 17.2. The van der Waals surface area contributed by atoms with Gasteiger partial charge in [-0.15, -0.1) is 0 Å². The van der Waals surface area contributed by atoms with Crippen molar-refractivity contribution in [2.24, 2.45) is 5.41 Å². The minimum Gasteiger partial charge on any atom is -0.497 e. The summed E-state index contributed by atoms with van der Waals surface area (Å²) < 4.78 is 5.18. The molecule has 0 atom stereocenters. The quantitative estimate of drug-likeness (QED) is 0.771. The average molecular weight is 316 g/mol. The molecule has 0 aliphatic carbocycles. The van der Waals surface area contributed by atoms with Gasteiger partial charge < -0.3 is 15.2 Å². The van der Waals surface area contributed by atoms with Crippen molar-refractivity contribution in [3.63, 3.8) is 0 Å². The molecule has 1 aromatic carbocycles. The summed E-state index contributed by atoms with van der Waals surface area (Å²) in [7, 11) is 1.62. The van der Waals surface area contributed by atoms with Crippen LogP contribution in [-0.4, -0.2) is 36.3 Å². The number of aliphatic hydroxyl groups excluding tert-OH is 1. The van der Waals surface area contributed by atoms with Gasteiger partial charge in [0.15, 0.2) is 0 Å². The molecule has 23 heavy (non-hydrogen) atoms. The van der Waals surface area contributed by atoms with Crippen LogP contribution in [0.1, 0.15) is 37.2 Å². The Hall–Kier alpha value is -2.14. The Morgan fingerprint density at radius 3 is 2.78 bits per heavy atom. The van der Waals surface area contributed by atoms with E-state index >= 15 is 0 Å². The number of carbonyl (C=O) groups excluding carboxylic acids is 1. The van der Waals surface area contributed by atoms with E-state index < -0.39 is 0 Å². The lowest BCUT2D eigenvalue weighted by molar-refractivity contribution is 0.0944. The van der Waals surface area contributed by atoms with Crippen LogP contribution in [0.3, 0.4) is 0 Å². The standard InChI is InChI=1S/C18H24N2O3/c1-18(2,12-21)9-4-10-19-17(22)16-7-5-13-11-14(23-3)6-8-15(13)20-16/h5-8,11,21H,4,9-10,12H2,1-3H3,(H,19,22). The van der Waals surface area contributed by atoms with Gasteiger partial charge in [-0.05, 0) is 42.5 Å². The van der Waals surface area contributed by atoms with Crippen molar-refractivity contribution in [2.45, 2.75) is 26.7 Å². The summed E-state index contributed by atoms with van der Waals surface area (Å²) in [6.45, 7) is 4.74. The van der Waals surface area contributed by atoms with E-state index in [1.54, 1.807) is 13.2 Å². The van der Waals surface area contributed by atoms with E-state index in [0.29, 0.717) is 12.2 Å². The molecule has 2 N–H and O–H groups in total. The first-order valence-corrected chi connectivity index (χ1v) is 7.79. The van der Waals surface area contributed by atoms with Crippen molar-refractivity contribution >= 4 is 16.8 Å². The molecule has 0 saturated heterocycles. The zero-order chi connectivity index (χ0) is 16.9. The van der Waals surface area contributed by atoms with E-state index in [2.05, 4.69) is 10.3 Å². The molecule has 1 heterocycles. The maximum absolute atomic E-state index is 12.2. The molecule has 0 fully saturated rings. The Morgan fingerprint density at radius 1 is 1.30 bits per heavy atom.